The average Bonchev–Trinajstić information content (AvgIpc) is 3.48. The number of nitrogens with zero attached hydrogens (tertiary/aromatic N) is 4. The smallest absolute Gasteiger partial charge is 0.313 e. The third kappa shape index (κ3) is 4.72. The molecular weight excluding hydrogens is 392 g/mol. The molecule has 0 unspecified atom stereocenters. The van der Waals surface area contributed by atoms with E-state index in [1.54, 1.807) is 24.9 Å². The molecule has 0 bridgehead atoms. The van der Waals surface area contributed by atoms with Crippen molar-refractivity contribution in [1.82, 2.24) is 19.9 Å². The minimum Gasteiger partial charge on any atom is -0.466 e. The number of hydrogen-bond acceptors (Lipinski definition) is 8. The number of carbonyl (C=O) groups excluding carboxylic acids is 1. The molecule has 0 atom stereocenters. The number of hydrogen-bond donors (Lipinski definition) is 0. The van der Waals surface area contributed by atoms with Crippen LogP contribution in [0.2, 0.25) is 0 Å². The second-order valence-corrected chi connectivity index (χ2v) is 7.93. The molecule has 0 N–H and O–H groups in total. The van der Waals surface area contributed by atoms with Crippen LogP contribution in [-0.4, -0.2) is 32.5 Å². The topological polar surface area (TPSA) is 96.2 Å². The highest BCUT2D eigenvalue weighted by molar-refractivity contribution is 7.98. The Hall–Kier alpha value is -2.55. The van der Waals surface area contributed by atoms with Gasteiger partial charge < -0.3 is 18.2 Å². The van der Waals surface area contributed by atoms with Crippen LogP contribution < -0.4 is 0 Å². The van der Waals surface area contributed by atoms with Crippen LogP contribution in [0, 0.1) is 0 Å². The Kier molecular flexibility index (Phi) is 6.33. The molecule has 1 saturated carbocycles. The second kappa shape index (κ2) is 9.30. The SMILES string of the molecule is CCOC(=O)Cc1nnc(SCc2cc(-c3ccco3)on2)n1C1CCCCC1. The quantitative estimate of drug-likeness (QED) is 0.393. The fourth-order valence-electron chi connectivity index (χ4n) is 3.63. The minimum atomic E-state index is -0.270. The first-order valence-corrected chi connectivity index (χ1v) is 10.9. The van der Waals surface area contributed by atoms with Crippen LogP contribution in [0.15, 0.2) is 38.6 Å². The first-order valence-electron chi connectivity index (χ1n) is 9.96. The Balaban J connectivity index is 1.50. The molecule has 29 heavy (non-hydrogen) atoms. The number of ether oxygens (including phenoxy) is 1. The molecule has 0 spiro atoms. The van der Waals surface area contributed by atoms with Crippen molar-refractivity contribution in [3.05, 3.63) is 36.0 Å². The lowest BCUT2D eigenvalue weighted by Crippen LogP contribution is -2.19. The highest BCUT2D eigenvalue weighted by Crippen LogP contribution is 2.34. The number of rotatable bonds is 8. The van der Waals surface area contributed by atoms with E-state index >= 15 is 0 Å². The van der Waals surface area contributed by atoms with Gasteiger partial charge in [0.2, 0.25) is 5.76 Å². The van der Waals surface area contributed by atoms with E-state index in [4.69, 9.17) is 13.7 Å². The monoisotopic (exact) mass is 416 g/mol. The van der Waals surface area contributed by atoms with Crippen LogP contribution in [0.1, 0.15) is 56.6 Å². The summed E-state index contributed by atoms with van der Waals surface area (Å²) in [4.78, 5) is 12.0. The molecular formula is C20H24N4O4S. The maximum absolute atomic E-state index is 12.0. The van der Waals surface area contributed by atoms with Crippen LogP contribution in [0.5, 0.6) is 0 Å². The van der Waals surface area contributed by atoms with Gasteiger partial charge in [-0.3, -0.25) is 4.79 Å². The summed E-state index contributed by atoms with van der Waals surface area (Å²) >= 11 is 1.55. The molecule has 0 saturated heterocycles. The Labute approximate surface area is 173 Å². The fraction of sp³-hybridized carbons (Fsp3) is 0.500. The van der Waals surface area contributed by atoms with E-state index in [1.165, 1.54) is 19.3 Å². The van der Waals surface area contributed by atoms with E-state index in [2.05, 4.69) is 19.9 Å². The first-order chi connectivity index (χ1) is 14.2. The molecule has 4 rings (SSSR count). The summed E-state index contributed by atoms with van der Waals surface area (Å²) in [5.74, 6) is 2.25. The Morgan fingerprint density at radius 1 is 1.28 bits per heavy atom. The zero-order valence-electron chi connectivity index (χ0n) is 16.4. The van der Waals surface area contributed by atoms with Gasteiger partial charge in [0.15, 0.2) is 10.9 Å². The van der Waals surface area contributed by atoms with Gasteiger partial charge in [0.25, 0.3) is 0 Å². The van der Waals surface area contributed by atoms with Crippen LogP contribution >= 0.6 is 11.8 Å². The standard InChI is InChI=1S/C20H24N4O4S/c1-2-26-19(25)12-18-21-22-20(24(18)15-7-4-3-5-8-15)29-13-14-11-17(28-23-14)16-9-6-10-27-16/h6,9-11,15H,2-5,7-8,12-13H2,1H3. The minimum absolute atomic E-state index is 0.143. The molecule has 3 aromatic heterocycles. The lowest BCUT2D eigenvalue weighted by molar-refractivity contribution is -0.142. The summed E-state index contributed by atoms with van der Waals surface area (Å²) in [7, 11) is 0. The molecule has 1 aliphatic rings. The van der Waals surface area contributed by atoms with Crippen LogP contribution in [0.3, 0.4) is 0 Å². The molecule has 0 aliphatic heterocycles. The highest BCUT2D eigenvalue weighted by atomic mass is 32.2. The van der Waals surface area contributed by atoms with Gasteiger partial charge in [-0.1, -0.05) is 36.2 Å². The van der Waals surface area contributed by atoms with E-state index < -0.39 is 0 Å². The van der Waals surface area contributed by atoms with Gasteiger partial charge in [-0.2, -0.15) is 0 Å². The van der Waals surface area contributed by atoms with Crippen molar-refractivity contribution < 1.29 is 18.5 Å². The zero-order valence-corrected chi connectivity index (χ0v) is 17.2. The van der Waals surface area contributed by atoms with E-state index in [9.17, 15) is 4.79 Å². The number of furan rings is 1. The maximum atomic E-state index is 12.0. The lowest BCUT2D eigenvalue weighted by Gasteiger charge is -2.25. The molecule has 1 aliphatic carbocycles. The van der Waals surface area contributed by atoms with Crippen molar-refractivity contribution in [3.8, 4) is 11.5 Å². The second-order valence-electron chi connectivity index (χ2n) is 6.99. The third-order valence-corrected chi connectivity index (χ3v) is 5.93. The summed E-state index contributed by atoms with van der Waals surface area (Å²) in [6, 6.07) is 5.83. The molecule has 3 heterocycles. The zero-order chi connectivity index (χ0) is 20.1. The van der Waals surface area contributed by atoms with Crippen LogP contribution in [0.4, 0.5) is 0 Å². The summed E-state index contributed by atoms with van der Waals surface area (Å²) < 4.78 is 18.0. The Morgan fingerprint density at radius 3 is 2.90 bits per heavy atom. The predicted molar refractivity (Wildman–Crippen MR) is 106 cm³/mol. The molecule has 9 heteroatoms. The van der Waals surface area contributed by atoms with Crippen molar-refractivity contribution in [2.45, 2.75) is 62.4 Å². The Bertz CT molecular complexity index is 928. The number of thioether (sulfide) groups is 1. The maximum Gasteiger partial charge on any atom is 0.313 e. The largest absolute Gasteiger partial charge is 0.466 e. The van der Waals surface area contributed by atoms with Crippen LogP contribution in [0.25, 0.3) is 11.5 Å². The van der Waals surface area contributed by atoms with Gasteiger partial charge in [0.1, 0.15) is 12.2 Å². The van der Waals surface area contributed by atoms with Gasteiger partial charge in [-0.15, -0.1) is 10.2 Å². The van der Waals surface area contributed by atoms with Crippen molar-refractivity contribution in [1.29, 1.82) is 0 Å². The van der Waals surface area contributed by atoms with E-state index in [0.29, 0.717) is 35.7 Å². The third-order valence-electron chi connectivity index (χ3n) is 4.95. The molecule has 154 valence electrons. The summed E-state index contributed by atoms with van der Waals surface area (Å²) in [5, 5.41) is 13.6. The van der Waals surface area contributed by atoms with Crippen molar-refractivity contribution in [2.24, 2.45) is 0 Å². The molecule has 8 nitrogen and oxygen atoms in total. The molecule has 0 radical (unpaired) electrons. The first kappa shape index (κ1) is 19.8. The lowest BCUT2D eigenvalue weighted by atomic mass is 9.95. The van der Waals surface area contributed by atoms with Gasteiger partial charge in [-0.05, 0) is 31.9 Å². The summed E-state index contributed by atoms with van der Waals surface area (Å²) in [6.45, 7) is 2.17. The highest BCUT2D eigenvalue weighted by Gasteiger charge is 2.25. The summed E-state index contributed by atoms with van der Waals surface area (Å²) in [6.07, 6.45) is 7.52. The van der Waals surface area contributed by atoms with Gasteiger partial charge >= 0.3 is 5.97 Å². The average molecular weight is 417 g/mol. The van der Waals surface area contributed by atoms with Crippen molar-refractivity contribution in [3.63, 3.8) is 0 Å². The summed E-state index contributed by atoms with van der Waals surface area (Å²) in [5.41, 5.74) is 0.798. The van der Waals surface area contributed by atoms with Crippen LogP contribution in [-0.2, 0) is 21.7 Å². The van der Waals surface area contributed by atoms with E-state index in [0.717, 1.165) is 23.7 Å². The normalized spacial score (nSPS) is 14.9. The number of aromatic nitrogens is 4. The van der Waals surface area contributed by atoms with Gasteiger partial charge in [0, 0.05) is 17.9 Å². The van der Waals surface area contributed by atoms with Gasteiger partial charge in [-0.25, -0.2) is 0 Å². The molecule has 3 aromatic rings. The molecule has 0 aromatic carbocycles. The number of esters is 1. The van der Waals surface area contributed by atoms with E-state index in [1.807, 2.05) is 18.2 Å². The van der Waals surface area contributed by atoms with Crippen molar-refractivity contribution >= 4 is 17.7 Å². The molecule has 1 fully saturated rings. The fourth-order valence-corrected chi connectivity index (χ4v) is 4.53. The Morgan fingerprint density at radius 2 is 2.14 bits per heavy atom. The number of carbonyl (C=O) groups is 1. The van der Waals surface area contributed by atoms with Crippen molar-refractivity contribution in [2.75, 3.05) is 6.61 Å². The van der Waals surface area contributed by atoms with E-state index in [-0.39, 0.29) is 12.4 Å². The molecule has 0 amide bonds. The predicted octanol–water partition coefficient (Wildman–Crippen LogP) is 4.43. The van der Waals surface area contributed by atoms with Gasteiger partial charge in [0.05, 0.1) is 18.6 Å².